The Morgan fingerprint density at radius 3 is 2.44 bits per heavy atom. The van der Waals surface area contributed by atoms with Crippen LogP contribution < -0.4 is 5.32 Å². The molecule has 0 radical (unpaired) electrons. The standard InChI is InChI=1S/C16H34N2/c1-5-9-15(17-11-6-2)16(8-4)18-12-10-14(7-3)13-18/h14-17H,5-13H2,1-4H3. The Bertz CT molecular complexity index is 205. The lowest BCUT2D eigenvalue weighted by molar-refractivity contribution is 0.172. The molecule has 0 spiro atoms. The van der Waals surface area contributed by atoms with Crippen molar-refractivity contribution < 1.29 is 0 Å². The summed E-state index contributed by atoms with van der Waals surface area (Å²) in [4.78, 5) is 2.76. The molecular formula is C16H34N2. The average molecular weight is 254 g/mol. The van der Waals surface area contributed by atoms with Gasteiger partial charge in [0.1, 0.15) is 0 Å². The van der Waals surface area contributed by atoms with Crippen LogP contribution in [0, 0.1) is 5.92 Å². The Morgan fingerprint density at radius 2 is 1.94 bits per heavy atom. The highest BCUT2D eigenvalue weighted by atomic mass is 15.2. The Morgan fingerprint density at radius 1 is 1.17 bits per heavy atom. The normalized spacial score (nSPS) is 24.3. The first-order valence-corrected chi connectivity index (χ1v) is 8.24. The number of rotatable bonds is 9. The third-order valence-electron chi connectivity index (χ3n) is 4.50. The summed E-state index contributed by atoms with van der Waals surface area (Å²) in [5, 5.41) is 3.79. The van der Waals surface area contributed by atoms with E-state index in [1.165, 1.54) is 58.2 Å². The first-order valence-electron chi connectivity index (χ1n) is 8.24. The Kier molecular flexibility index (Phi) is 7.92. The molecule has 2 nitrogen and oxygen atoms in total. The highest BCUT2D eigenvalue weighted by Crippen LogP contribution is 2.24. The van der Waals surface area contributed by atoms with Crippen LogP contribution in [0.5, 0.6) is 0 Å². The molecule has 1 saturated heterocycles. The predicted octanol–water partition coefficient (Wildman–Crippen LogP) is 3.67. The number of likely N-dealkylation sites (tertiary alicyclic amines) is 1. The Labute approximate surface area is 115 Å². The van der Waals surface area contributed by atoms with Gasteiger partial charge in [0.15, 0.2) is 0 Å². The molecule has 0 aliphatic carbocycles. The Hall–Kier alpha value is -0.0800. The van der Waals surface area contributed by atoms with Gasteiger partial charge >= 0.3 is 0 Å². The minimum Gasteiger partial charge on any atom is -0.312 e. The molecule has 0 amide bonds. The fourth-order valence-electron chi connectivity index (χ4n) is 3.37. The maximum absolute atomic E-state index is 3.79. The fraction of sp³-hybridized carbons (Fsp3) is 1.00. The minimum atomic E-state index is 0.704. The molecule has 1 N–H and O–H groups in total. The second-order valence-electron chi connectivity index (χ2n) is 5.88. The number of hydrogen-bond acceptors (Lipinski definition) is 2. The van der Waals surface area contributed by atoms with Crippen molar-refractivity contribution in [3.63, 3.8) is 0 Å². The van der Waals surface area contributed by atoms with Crippen LogP contribution in [0.4, 0.5) is 0 Å². The SMILES string of the molecule is CCCNC(CCC)C(CC)N1CCC(CC)C1. The third kappa shape index (κ3) is 4.55. The summed E-state index contributed by atoms with van der Waals surface area (Å²) >= 11 is 0. The van der Waals surface area contributed by atoms with E-state index in [4.69, 9.17) is 0 Å². The van der Waals surface area contributed by atoms with Crippen LogP contribution >= 0.6 is 0 Å². The van der Waals surface area contributed by atoms with Gasteiger partial charge in [0, 0.05) is 18.6 Å². The smallest absolute Gasteiger partial charge is 0.0246 e. The van der Waals surface area contributed by atoms with E-state index >= 15 is 0 Å². The molecule has 1 aliphatic rings. The first-order chi connectivity index (χ1) is 8.76. The van der Waals surface area contributed by atoms with Crippen LogP contribution in [0.3, 0.4) is 0 Å². The lowest BCUT2D eigenvalue weighted by Crippen LogP contribution is -2.49. The molecule has 1 heterocycles. The van der Waals surface area contributed by atoms with Crippen molar-refractivity contribution in [2.75, 3.05) is 19.6 Å². The zero-order chi connectivity index (χ0) is 13.4. The molecule has 108 valence electrons. The van der Waals surface area contributed by atoms with Crippen LogP contribution in [0.1, 0.15) is 66.2 Å². The number of hydrogen-bond donors (Lipinski definition) is 1. The summed E-state index contributed by atoms with van der Waals surface area (Å²) in [6.07, 6.45) is 7.92. The van der Waals surface area contributed by atoms with E-state index in [1.807, 2.05) is 0 Å². The summed E-state index contributed by atoms with van der Waals surface area (Å²) in [6.45, 7) is 13.1. The van der Waals surface area contributed by atoms with E-state index in [0.717, 1.165) is 12.0 Å². The van der Waals surface area contributed by atoms with Crippen molar-refractivity contribution >= 4 is 0 Å². The average Bonchev–Trinajstić information content (AvgIpc) is 2.85. The van der Waals surface area contributed by atoms with Crippen molar-refractivity contribution in [3.05, 3.63) is 0 Å². The van der Waals surface area contributed by atoms with Gasteiger partial charge in [-0.25, -0.2) is 0 Å². The van der Waals surface area contributed by atoms with Crippen molar-refractivity contribution in [1.29, 1.82) is 0 Å². The van der Waals surface area contributed by atoms with Crippen LogP contribution in [-0.4, -0.2) is 36.6 Å². The van der Waals surface area contributed by atoms with E-state index in [-0.39, 0.29) is 0 Å². The number of nitrogens with zero attached hydrogens (tertiary/aromatic N) is 1. The largest absolute Gasteiger partial charge is 0.312 e. The first kappa shape index (κ1) is 16.0. The summed E-state index contributed by atoms with van der Waals surface area (Å²) in [6, 6.07) is 1.46. The summed E-state index contributed by atoms with van der Waals surface area (Å²) in [5.74, 6) is 0.951. The molecule has 1 rings (SSSR count). The lowest BCUT2D eigenvalue weighted by atomic mass is 9.99. The fourth-order valence-corrected chi connectivity index (χ4v) is 3.37. The molecule has 0 bridgehead atoms. The lowest BCUT2D eigenvalue weighted by Gasteiger charge is -2.35. The van der Waals surface area contributed by atoms with Crippen molar-refractivity contribution in [3.8, 4) is 0 Å². The van der Waals surface area contributed by atoms with Crippen molar-refractivity contribution in [2.45, 2.75) is 78.3 Å². The molecule has 1 fully saturated rings. The van der Waals surface area contributed by atoms with E-state index in [1.54, 1.807) is 0 Å². The van der Waals surface area contributed by atoms with Crippen LogP contribution in [0.2, 0.25) is 0 Å². The van der Waals surface area contributed by atoms with E-state index in [9.17, 15) is 0 Å². The van der Waals surface area contributed by atoms with Gasteiger partial charge in [-0.05, 0) is 44.7 Å². The maximum atomic E-state index is 3.79. The molecule has 0 saturated carbocycles. The summed E-state index contributed by atoms with van der Waals surface area (Å²) < 4.78 is 0. The highest BCUT2D eigenvalue weighted by molar-refractivity contribution is 4.88. The van der Waals surface area contributed by atoms with Crippen LogP contribution in [0.15, 0.2) is 0 Å². The zero-order valence-electron chi connectivity index (χ0n) is 13.0. The molecule has 3 atom stereocenters. The molecular weight excluding hydrogens is 220 g/mol. The second kappa shape index (κ2) is 8.92. The molecule has 0 aromatic rings. The minimum absolute atomic E-state index is 0.704. The van der Waals surface area contributed by atoms with Crippen LogP contribution in [0.25, 0.3) is 0 Å². The van der Waals surface area contributed by atoms with E-state index < -0.39 is 0 Å². The van der Waals surface area contributed by atoms with Gasteiger partial charge in [-0.3, -0.25) is 4.90 Å². The van der Waals surface area contributed by atoms with Crippen LogP contribution in [-0.2, 0) is 0 Å². The van der Waals surface area contributed by atoms with Gasteiger partial charge in [-0.1, -0.05) is 40.5 Å². The Balaban J connectivity index is 2.54. The second-order valence-corrected chi connectivity index (χ2v) is 5.88. The summed E-state index contributed by atoms with van der Waals surface area (Å²) in [7, 11) is 0. The van der Waals surface area contributed by atoms with Gasteiger partial charge in [0.2, 0.25) is 0 Å². The van der Waals surface area contributed by atoms with Crippen molar-refractivity contribution in [1.82, 2.24) is 10.2 Å². The topological polar surface area (TPSA) is 15.3 Å². The van der Waals surface area contributed by atoms with Gasteiger partial charge in [0.05, 0.1) is 0 Å². The monoisotopic (exact) mass is 254 g/mol. The number of nitrogens with one attached hydrogen (secondary N) is 1. The molecule has 2 heteroatoms. The van der Waals surface area contributed by atoms with E-state index in [2.05, 4.69) is 37.9 Å². The molecule has 18 heavy (non-hydrogen) atoms. The van der Waals surface area contributed by atoms with Gasteiger partial charge in [0.25, 0.3) is 0 Å². The third-order valence-corrected chi connectivity index (χ3v) is 4.50. The molecule has 0 aromatic heterocycles. The van der Waals surface area contributed by atoms with Gasteiger partial charge < -0.3 is 5.32 Å². The van der Waals surface area contributed by atoms with Gasteiger partial charge in [-0.2, -0.15) is 0 Å². The molecule has 0 aromatic carbocycles. The zero-order valence-corrected chi connectivity index (χ0v) is 13.0. The maximum Gasteiger partial charge on any atom is 0.0246 e. The quantitative estimate of drug-likeness (QED) is 0.675. The van der Waals surface area contributed by atoms with E-state index in [0.29, 0.717) is 6.04 Å². The molecule has 1 aliphatic heterocycles. The summed E-state index contributed by atoms with van der Waals surface area (Å²) in [5.41, 5.74) is 0. The van der Waals surface area contributed by atoms with Gasteiger partial charge in [-0.15, -0.1) is 0 Å². The predicted molar refractivity (Wildman–Crippen MR) is 81.0 cm³/mol. The molecule has 3 unspecified atom stereocenters. The van der Waals surface area contributed by atoms with Crippen molar-refractivity contribution in [2.24, 2.45) is 5.92 Å². The highest BCUT2D eigenvalue weighted by Gasteiger charge is 2.30.